The lowest BCUT2D eigenvalue weighted by molar-refractivity contribution is 0.262. The third-order valence-electron chi connectivity index (χ3n) is 2.49. The summed E-state index contributed by atoms with van der Waals surface area (Å²) in [5, 5.41) is 11.8. The van der Waals surface area contributed by atoms with Crippen molar-refractivity contribution in [1.82, 2.24) is 10.2 Å². The molecule has 94 valence electrons. The predicted octanol–water partition coefficient (Wildman–Crippen LogP) is 2.81. The summed E-state index contributed by atoms with van der Waals surface area (Å²) in [6.45, 7) is 3.56. The first kappa shape index (κ1) is 12.1. The standard InChI is InChI=1S/C12H13FN4O/c1-7-11(8(2)17-16-7)15-12(18)14-10-6-4-3-5-9(10)13/h3-6H,1-2H3,(H,16,17)(H2,14,15,18). The Balaban J connectivity index is 2.08. The summed E-state index contributed by atoms with van der Waals surface area (Å²) in [5.41, 5.74) is 2.16. The second-order valence-corrected chi connectivity index (χ2v) is 3.87. The van der Waals surface area contributed by atoms with Crippen LogP contribution in [-0.4, -0.2) is 16.2 Å². The van der Waals surface area contributed by atoms with Crippen molar-refractivity contribution in [1.29, 1.82) is 0 Å². The van der Waals surface area contributed by atoms with Gasteiger partial charge < -0.3 is 10.6 Å². The molecule has 0 fully saturated rings. The minimum Gasteiger partial charge on any atom is -0.305 e. The molecule has 1 aromatic heterocycles. The van der Waals surface area contributed by atoms with Crippen molar-refractivity contribution in [2.75, 3.05) is 10.6 Å². The number of hydrogen-bond acceptors (Lipinski definition) is 2. The maximum absolute atomic E-state index is 13.3. The molecule has 0 aliphatic rings. The lowest BCUT2D eigenvalue weighted by Crippen LogP contribution is -2.20. The fourth-order valence-electron chi connectivity index (χ4n) is 1.56. The van der Waals surface area contributed by atoms with Crippen molar-refractivity contribution in [3.05, 3.63) is 41.5 Å². The molecule has 18 heavy (non-hydrogen) atoms. The van der Waals surface area contributed by atoms with Crippen LogP contribution in [-0.2, 0) is 0 Å². The Hall–Kier alpha value is -2.37. The van der Waals surface area contributed by atoms with E-state index in [9.17, 15) is 9.18 Å². The molecule has 0 unspecified atom stereocenters. The van der Waals surface area contributed by atoms with Gasteiger partial charge in [0.15, 0.2) is 0 Å². The third kappa shape index (κ3) is 2.48. The van der Waals surface area contributed by atoms with E-state index < -0.39 is 11.8 Å². The number of aromatic nitrogens is 2. The normalized spacial score (nSPS) is 10.2. The van der Waals surface area contributed by atoms with E-state index >= 15 is 0 Å². The van der Waals surface area contributed by atoms with Crippen molar-refractivity contribution in [2.45, 2.75) is 13.8 Å². The zero-order chi connectivity index (χ0) is 13.1. The highest BCUT2D eigenvalue weighted by Crippen LogP contribution is 2.17. The number of carbonyl (C=O) groups is 1. The second kappa shape index (κ2) is 4.87. The van der Waals surface area contributed by atoms with E-state index in [1.54, 1.807) is 26.0 Å². The van der Waals surface area contributed by atoms with Crippen LogP contribution in [0.25, 0.3) is 0 Å². The smallest absolute Gasteiger partial charge is 0.305 e. The van der Waals surface area contributed by atoms with Crippen LogP contribution in [0.3, 0.4) is 0 Å². The van der Waals surface area contributed by atoms with Crippen molar-refractivity contribution in [2.24, 2.45) is 0 Å². The molecule has 0 spiro atoms. The first-order valence-electron chi connectivity index (χ1n) is 5.42. The minimum absolute atomic E-state index is 0.133. The molecular weight excluding hydrogens is 235 g/mol. The van der Waals surface area contributed by atoms with E-state index in [2.05, 4.69) is 20.8 Å². The third-order valence-corrected chi connectivity index (χ3v) is 2.49. The van der Waals surface area contributed by atoms with Gasteiger partial charge in [-0.2, -0.15) is 5.10 Å². The summed E-state index contributed by atoms with van der Waals surface area (Å²) in [6.07, 6.45) is 0. The van der Waals surface area contributed by atoms with Crippen LogP contribution in [0, 0.1) is 19.7 Å². The first-order chi connectivity index (χ1) is 8.58. The zero-order valence-electron chi connectivity index (χ0n) is 10.0. The molecule has 0 radical (unpaired) electrons. The van der Waals surface area contributed by atoms with Crippen molar-refractivity contribution < 1.29 is 9.18 Å². The second-order valence-electron chi connectivity index (χ2n) is 3.87. The van der Waals surface area contributed by atoms with Gasteiger partial charge >= 0.3 is 6.03 Å². The molecule has 6 heteroatoms. The Morgan fingerprint density at radius 3 is 2.61 bits per heavy atom. The number of anilines is 2. The molecule has 0 aliphatic heterocycles. The summed E-state index contributed by atoms with van der Waals surface area (Å²) in [6, 6.07) is 5.47. The largest absolute Gasteiger partial charge is 0.323 e. The number of hydrogen-bond donors (Lipinski definition) is 3. The molecule has 3 N–H and O–H groups in total. The summed E-state index contributed by atoms with van der Waals surface area (Å²) >= 11 is 0. The topological polar surface area (TPSA) is 69.8 Å². The van der Waals surface area contributed by atoms with E-state index in [0.29, 0.717) is 11.4 Å². The van der Waals surface area contributed by atoms with Crippen LogP contribution in [0.1, 0.15) is 11.4 Å². The van der Waals surface area contributed by atoms with Gasteiger partial charge in [-0.15, -0.1) is 0 Å². The number of nitrogens with one attached hydrogen (secondary N) is 3. The monoisotopic (exact) mass is 248 g/mol. The Morgan fingerprint density at radius 1 is 1.28 bits per heavy atom. The molecule has 1 heterocycles. The van der Waals surface area contributed by atoms with Gasteiger partial charge in [0.25, 0.3) is 0 Å². The number of benzene rings is 1. The van der Waals surface area contributed by atoms with E-state index in [1.165, 1.54) is 12.1 Å². The number of aromatic amines is 1. The minimum atomic E-state index is -0.507. The highest BCUT2D eigenvalue weighted by molar-refractivity contribution is 6.00. The SMILES string of the molecule is Cc1n[nH]c(C)c1NC(=O)Nc1ccccc1F. The maximum atomic E-state index is 13.3. The zero-order valence-corrected chi connectivity index (χ0v) is 10.0. The Kier molecular flexibility index (Phi) is 3.27. The summed E-state index contributed by atoms with van der Waals surface area (Å²) in [7, 11) is 0. The van der Waals surface area contributed by atoms with Crippen molar-refractivity contribution in [3.8, 4) is 0 Å². The molecule has 0 atom stereocenters. The number of halogens is 1. The van der Waals surface area contributed by atoms with E-state index in [0.717, 1.165) is 5.69 Å². The molecule has 0 saturated heterocycles. The van der Waals surface area contributed by atoms with Gasteiger partial charge in [-0.1, -0.05) is 12.1 Å². The highest BCUT2D eigenvalue weighted by atomic mass is 19.1. The summed E-state index contributed by atoms with van der Waals surface area (Å²) in [4.78, 5) is 11.7. The number of rotatable bonds is 2. The quantitative estimate of drug-likeness (QED) is 0.764. The number of aryl methyl sites for hydroxylation is 2. The summed E-state index contributed by atoms with van der Waals surface area (Å²) < 4.78 is 13.3. The highest BCUT2D eigenvalue weighted by Gasteiger charge is 2.11. The van der Waals surface area contributed by atoms with Gasteiger partial charge in [0, 0.05) is 0 Å². The Morgan fingerprint density at radius 2 is 2.00 bits per heavy atom. The van der Waals surface area contributed by atoms with Crippen LogP contribution in [0.2, 0.25) is 0 Å². The molecule has 0 saturated carbocycles. The van der Waals surface area contributed by atoms with Crippen LogP contribution >= 0.6 is 0 Å². The van der Waals surface area contributed by atoms with Crippen LogP contribution in [0.15, 0.2) is 24.3 Å². The Labute approximate surface area is 103 Å². The maximum Gasteiger partial charge on any atom is 0.323 e. The van der Waals surface area contributed by atoms with Gasteiger partial charge in [-0.3, -0.25) is 5.10 Å². The molecule has 0 aliphatic carbocycles. The van der Waals surface area contributed by atoms with Gasteiger partial charge in [0.2, 0.25) is 0 Å². The molecular formula is C12H13FN4O. The molecule has 2 amide bonds. The molecule has 1 aromatic carbocycles. The van der Waals surface area contributed by atoms with E-state index in [4.69, 9.17) is 0 Å². The van der Waals surface area contributed by atoms with Gasteiger partial charge in [-0.25, -0.2) is 9.18 Å². The molecule has 2 rings (SSSR count). The number of nitrogens with zero attached hydrogens (tertiary/aromatic N) is 1. The van der Waals surface area contributed by atoms with E-state index in [-0.39, 0.29) is 5.69 Å². The van der Waals surface area contributed by atoms with Gasteiger partial charge in [0.1, 0.15) is 5.82 Å². The predicted molar refractivity (Wildman–Crippen MR) is 67.1 cm³/mol. The molecule has 5 nitrogen and oxygen atoms in total. The van der Waals surface area contributed by atoms with Crippen molar-refractivity contribution in [3.63, 3.8) is 0 Å². The summed E-state index contributed by atoms with van der Waals surface area (Å²) in [5.74, 6) is -0.478. The first-order valence-corrected chi connectivity index (χ1v) is 5.42. The number of amides is 2. The number of para-hydroxylation sites is 1. The van der Waals surface area contributed by atoms with E-state index in [1.807, 2.05) is 0 Å². The lowest BCUT2D eigenvalue weighted by atomic mass is 10.3. The average molecular weight is 248 g/mol. The number of H-pyrrole nitrogens is 1. The fourth-order valence-corrected chi connectivity index (χ4v) is 1.56. The fraction of sp³-hybridized carbons (Fsp3) is 0.167. The van der Waals surface area contributed by atoms with Gasteiger partial charge in [0.05, 0.1) is 22.8 Å². The van der Waals surface area contributed by atoms with Crippen molar-refractivity contribution >= 4 is 17.4 Å². The Bertz CT molecular complexity index is 560. The number of carbonyl (C=O) groups excluding carboxylic acids is 1. The number of urea groups is 1. The van der Waals surface area contributed by atoms with Gasteiger partial charge in [-0.05, 0) is 26.0 Å². The van der Waals surface area contributed by atoms with Crippen LogP contribution in [0.4, 0.5) is 20.6 Å². The lowest BCUT2D eigenvalue weighted by Gasteiger charge is -2.08. The molecule has 2 aromatic rings. The molecule has 0 bridgehead atoms. The van der Waals surface area contributed by atoms with Crippen LogP contribution in [0.5, 0.6) is 0 Å². The van der Waals surface area contributed by atoms with Crippen LogP contribution < -0.4 is 10.6 Å². The average Bonchev–Trinajstić information content (AvgIpc) is 2.64.